The number of hydrogen-bond acceptors (Lipinski definition) is 5. The average Bonchev–Trinajstić information content (AvgIpc) is 3.50. The molecule has 6 nitrogen and oxygen atoms in total. The van der Waals surface area contributed by atoms with E-state index in [9.17, 15) is 9.59 Å². The first-order valence-corrected chi connectivity index (χ1v) is 11.9. The van der Waals surface area contributed by atoms with Crippen LogP contribution in [0.5, 0.6) is 0 Å². The topological polar surface area (TPSA) is 76.0 Å². The molecule has 2 aromatic carbocycles. The molecular weight excluding hydrogens is 440 g/mol. The fourth-order valence-electron chi connectivity index (χ4n) is 3.01. The molecule has 0 unspecified atom stereocenters. The Labute approximate surface area is 194 Å². The number of amides is 2. The number of thioether (sulfide) groups is 1. The summed E-state index contributed by atoms with van der Waals surface area (Å²) in [6, 6.07) is 19.0. The van der Waals surface area contributed by atoms with E-state index in [0.29, 0.717) is 17.3 Å². The second kappa shape index (κ2) is 10.3. The van der Waals surface area contributed by atoms with E-state index in [0.717, 1.165) is 21.8 Å². The second-order valence-electron chi connectivity index (χ2n) is 7.09. The Morgan fingerprint density at radius 1 is 1.06 bits per heavy atom. The quantitative estimate of drug-likeness (QED) is 0.365. The van der Waals surface area contributed by atoms with Gasteiger partial charge in [-0.15, -0.1) is 11.3 Å². The molecule has 0 bridgehead atoms. The highest BCUT2D eigenvalue weighted by molar-refractivity contribution is 7.99. The Balaban J connectivity index is 1.34. The summed E-state index contributed by atoms with van der Waals surface area (Å²) in [6.45, 7) is 2.52. The Morgan fingerprint density at radius 2 is 1.84 bits per heavy atom. The van der Waals surface area contributed by atoms with Crippen LogP contribution in [0.15, 0.2) is 83.6 Å². The molecule has 0 saturated heterocycles. The van der Waals surface area contributed by atoms with Gasteiger partial charge in [-0.3, -0.25) is 14.2 Å². The molecule has 4 rings (SSSR count). The van der Waals surface area contributed by atoms with Gasteiger partial charge < -0.3 is 10.6 Å². The number of hydrogen-bond donors (Lipinski definition) is 2. The lowest BCUT2D eigenvalue weighted by Crippen LogP contribution is -2.22. The highest BCUT2D eigenvalue weighted by atomic mass is 32.2. The standard InChI is InChI=1S/C24H22N4O2S2/c1-17-4-8-19(9-5-17)27-22(29)16-32-24-25-12-13-28(24)20-10-6-18(7-11-20)23(30)26-15-21-3-2-14-31-21/h2-14H,15-16H2,1H3,(H,26,30)(H,27,29). The van der Waals surface area contributed by atoms with Crippen LogP contribution in [0.4, 0.5) is 5.69 Å². The Hall–Kier alpha value is -3.36. The van der Waals surface area contributed by atoms with E-state index >= 15 is 0 Å². The van der Waals surface area contributed by atoms with Crippen LogP contribution in [0.1, 0.15) is 20.8 Å². The number of rotatable bonds is 8. The Bertz CT molecular complexity index is 1180. The highest BCUT2D eigenvalue weighted by Gasteiger charge is 2.11. The Morgan fingerprint density at radius 3 is 2.56 bits per heavy atom. The normalized spacial score (nSPS) is 10.7. The van der Waals surface area contributed by atoms with Crippen molar-refractivity contribution < 1.29 is 9.59 Å². The number of thiophene rings is 1. The number of imidazole rings is 1. The van der Waals surface area contributed by atoms with E-state index in [4.69, 9.17) is 0 Å². The minimum absolute atomic E-state index is 0.0915. The monoisotopic (exact) mass is 462 g/mol. The van der Waals surface area contributed by atoms with Crippen LogP contribution in [0.2, 0.25) is 0 Å². The van der Waals surface area contributed by atoms with Crippen molar-refractivity contribution in [1.82, 2.24) is 14.9 Å². The minimum Gasteiger partial charge on any atom is -0.347 e. The predicted octanol–water partition coefficient (Wildman–Crippen LogP) is 4.90. The van der Waals surface area contributed by atoms with E-state index in [-0.39, 0.29) is 17.6 Å². The zero-order valence-electron chi connectivity index (χ0n) is 17.4. The molecule has 8 heteroatoms. The molecule has 0 radical (unpaired) electrons. The molecule has 0 atom stereocenters. The summed E-state index contributed by atoms with van der Waals surface area (Å²) in [5.74, 6) is 0.0396. The van der Waals surface area contributed by atoms with Crippen LogP contribution in [-0.4, -0.2) is 27.1 Å². The van der Waals surface area contributed by atoms with Gasteiger partial charge in [0.15, 0.2) is 5.16 Å². The smallest absolute Gasteiger partial charge is 0.251 e. The first kappa shape index (κ1) is 21.9. The van der Waals surface area contributed by atoms with Crippen molar-refractivity contribution in [3.63, 3.8) is 0 Å². The van der Waals surface area contributed by atoms with Crippen LogP contribution < -0.4 is 10.6 Å². The van der Waals surface area contributed by atoms with E-state index in [1.54, 1.807) is 29.7 Å². The highest BCUT2D eigenvalue weighted by Crippen LogP contribution is 2.21. The number of aryl methyl sites for hydroxylation is 1. The van der Waals surface area contributed by atoms with Gasteiger partial charge in [0.25, 0.3) is 5.91 Å². The number of nitrogens with zero attached hydrogens (tertiary/aromatic N) is 2. The lowest BCUT2D eigenvalue weighted by Gasteiger charge is -2.09. The van der Waals surface area contributed by atoms with Crippen LogP contribution in [0, 0.1) is 6.92 Å². The van der Waals surface area contributed by atoms with Gasteiger partial charge in [-0.1, -0.05) is 35.5 Å². The molecule has 2 N–H and O–H groups in total. The third kappa shape index (κ3) is 5.66. The van der Waals surface area contributed by atoms with Gasteiger partial charge in [-0.05, 0) is 54.8 Å². The number of aromatic nitrogens is 2. The van der Waals surface area contributed by atoms with Gasteiger partial charge in [0, 0.05) is 34.2 Å². The summed E-state index contributed by atoms with van der Waals surface area (Å²) >= 11 is 2.97. The van der Waals surface area contributed by atoms with Crippen molar-refractivity contribution >= 4 is 40.6 Å². The van der Waals surface area contributed by atoms with E-state index in [2.05, 4.69) is 15.6 Å². The summed E-state index contributed by atoms with van der Waals surface area (Å²) in [7, 11) is 0. The van der Waals surface area contributed by atoms with Crippen molar-refractivity contribution in [2.24, 2.45) is 0 Å². The third-order valence-corrected chi connectivity index (χ3v) is 6.53. The molecule has 0 saturated carbocycles. The van der Waals surface area contributed by atoms with Crippen LogP contribution in [-0.2, 0) is 11.3 Å². The van der Waals surface area contributed by atoms with Gasteiger partial charge in [-0.2, -0.15) is 0 Å². The molecule has 0 aliphatic heterocycles. The number of benzene rings is 2. The zero-order valence-corrected chi connectivity index (χ0v) is 19.1. The summed E-state index contributed by atoms with van der Waals surface area (Å²) in [4.78, 5) is 30.1. The van der Waals surface area contributed by atoms with E-state index in [1.165, 1.54) is 11.8 Å². The predicted molar refractivity (Wildman–Crippen MR) is 130 cm³/mol. The summed E-state index contributed by atoms with van der Waals surface area (Å²) in [6.07, 6.45) is 3.54. The van der Waals surface area contributed by atoms with Gasteiger partial charge in [0.1, 0.15) is 0 Å². The Kier molecular flexibility index (Phi) is 7.03. The van der Waals surface area contributed by atoms with Crippen molar-refractivity contribution in [3.05, 3.63) is 94.4 Å². The summed E-state index contributed by atoms with van der Waals surface area (Å²) < 4.78 is 1.90. The zero-order chi connectivity index (χ0) is 22.3. The third-order valence-electron chi connectivity index (χ3n) is 4.69. The van der Waals surface area contributed by atoms with Crippen molar-refractivity contribution in [3.8, 4) is 5.69 Å². The van der Waals surface area contributed by atoms with Gasteiger partial charge in [-0.25, -0.2) is 4.98 Å². The maximum Gasteiger partial charge on any atom is 0.251 e. The summed E-state index contributed by atoms with van der Waals surface area (Å²) in [5, 5.41) is 8.52. The molecular formula is C24H22N4O2S2. The minimum atomic E-state index is -0.113. The molecule has 0 fully saturated rings. The van der Waals surface area contributed by atoms with E-state index in [1.807, 2.05) is 71.6 Å². The first-order valence-electron chi connectivity index (χ1n) is 10.0. The number of carbonyl (C=O) groups excluding carboxylic acids is 2. The molecule has 32 heavy (non-hydrogen) atoms. The molecule has 2 amide bonds. The van der Waals surface area contributed by atoms with Gasteiger partial charge >= 0.3 is 0 Å². The molecule has 162 valence electrons. The maximum absolute atomic E-state index is 12.4. The second-order valence-corrected chi connectivity index (χ2v) is 9.07. The van der Waals surface area contributed by atoms with Gasteiger partial charge in [0.2, 0.25) is 5.91 Å². The lowest BCUT2D eigenvalue weighted by atomic mass is 10.2. The molecule has 0 aliphatic rings. The maximum atomic E-state index is 12.4. The van der Waals surface area contributed by atoms with Crippen molar-refractivity contribution in [1.29, 1.82) is 0 Å². The molecule has 2 heterocycles. The van der Waals surface area contributed by atoms with Crippen LogP contribution in [0.3, 0.4) is 0 Å². The molecule has 0 aliphatic carbocycles. The van der Waals surface area contributed by atoms with E-state index < -0.39 is 0 Å². The van der Waals surface area contributed by atoms with Crippen molar-refractivity contribution in [2.45, 2.75) is 18.6 Å². The van der Waals surface area contributed by atoms with Crippen molar-refractivity contribution in [2.75, 3.05) is 11.1 Å². The van der Waals surface area contributed by atoms with Gasteiger partial charge in [0.05, 0.1) is 12.3 Å². The van der Waals surface area contributed by atoms with Crippen LogP contribution >= 0.6 is 23.1 Å². The fourth-order valence-corrected chi connectivity index (χ4v) is 4.43. The largest absolute Gasteiger partial charge is 0.347 e. The van der Waals surface area contributed by atoms with Crippen LogP contribution in [0.25, 0.3) is 5.69 Å². The molecule has 4 aromatic rings. The fraction of sp³-hybridized carbons (Fsp3) is 0.125. The summed E-state index contributed by atoms with van der Waals surface area (Å²) in [5.41, 5.74) is 3.39. The number of anilines is 1. The molecule has 0 spiro atoms. The first-order chi connectivity index (χ1) is 15.6. The molecule has 2 aromatic heterocycles. The lowest BCUT2D eigenvalue weighted by molar-refractivity contribution is -0.113. The average molecular weight is 463 g/mol. The SMILES string of the molecule is Cc1ccc(NC(=O)CSc2nccn2-c2ccc(C(=O)NCc3cccs3)cc2)cc1. The number of nitrogens with one attached hydrogen (secondary N) is 2. The number of carbonyl (C=O) groups is 2.